The number of fused-ring (bicyclic) bond motifs is 7. The zero-order valence-electron chi connectivity index (χ0n) is 23.6. The lowest BCUT2D eigenvalue weighted by Gasteiger charge is -2.19. The number of furan rings is 1. The Morgan fingerprint density at radius 1 is 0.535 bits per heavy atom. The van der Waals surface area contributed by atoms with Crippen molar-refractivity contribution in [3.63, 3.8) is 0 Å². The van der Waals surface area contributed by atoms with Crippen molar-refractivity contribution >= 4 is 69.7 Å². The molecule has 6 nitrogen and oxygen atoms in total. The number of rotatable bonds is 6. The van der Waals surface area contributed by atoms with Crippen LogP contribution >= 0.6 is 0 Å². The van der Waals surface area contributed by atoms with Gasteiger partial charge in [-0.2, -0.15) is 0 Å². The van der Waals surface area contributed by atoms with Gasteiger partial charge in [0, 0.05) is 32.9 Å². The van der Waals surface area contributed by atoms with E-state index >= 15 is 0 Å². The molecule has 0 fully saturated rings. The number of aromatic nitrogens is 2. The zero-order chi connectivity index (χ0) is 28.9. The highest BCUT2D eigenvalue weighted by molar-refractivity contribution is 6.40. The van der Waals surface area contributed by atoms with Crippen molar-refractivity contribution in [1.29, 1.82) is 0 Å². The predicted molar refractivity (Wildman–Crippen MR) is 172 cm³/mol. The normalized spacial score (nSPS) is 11.5. The van der Waals surface area contributed by atoms with Gasteiger partial charge in [0.05, 0.1) is 0 Å². The SMILES string of the molecule is Cc1ccc2cccc([O][Al]([O]c3cccc4ccc(C)nc34)[O]c3cc4ccccc4c4c3oc3ccccc34)c2n1. The molecule has 0 N–H and O–H groups in total. The van der Waals surface area contributed by atoms with Crippen LogP contribution in [0.4, 0.5) is 0 Å². The van der Waals surface area contributed by atoms with Crippen LogP contribution in [0, 0.1) is 13.8 Å². The topological polar surface area (TPSA) is 66.6 Å². The third-order valence-electron chi connectivity index (χ3n) is 7.65. The number of hydrogen-bond acceptors (Lipinski definition) is 6. The number of pyridine rings is 2. The van der Waals surface area contributed by atoms with E-state index in [0.717, 1.165) is 60.3 Å². The van der Waals surface area contributed by atoms with Crippen LogP contribution in [0.1, 0.15) is 11.4 Å². The van der Waals surface area contributed by atoms with E-state index in [1.807, 2.05) is 111 Å². The first-order valence-corrected chi connectivity index (χ1v) is 15.6. The van der Waals surface area contributed by atoms with Gasteiger partial charge in [-0.3, -0.25) is 0 Å². The molecule has 8 aromatic rings. The van der Waals surface area contributed by atoms with Gasteiger partial charge in [-0.05, 0) is 61.0 Å². The van der Waals surface area contributed by atoms with Gasteiger partial charge in [0.1, 0.15) is 33.9 Å². The van der Waals surface area contributed by atoms with Gasteiger partial charge in [-0.25, -0.2) is 9.97 Å². The Kier molecular flexibility index (Phi) is 6.15. The minimum atomic E-state index is -3.03. The molecule has 0 aliphatic carbocycles. The largest absolute Gasteiger partial charge is 1.20 e. The number of hydrogen-bond donors (Lipinski definition) is 0. The molecule has 0 aliphatic rings. The summed E-state index contributed by atoms with van der Waals surface area (Å²) < 4.78 is 26.5. The zero-order valence-corrected chi connectivity index (χ0v) is 24.7. The molecule has 0 radical (unpaired) electrons. The van der Waals surface area contributed by atoms with Crippen molar-refractivity contribution in [1.82, 2.24) is 9.97 Å². The van der Waals surface area contributed by atoms with E-state index in [2.05, 4.69) is 18.2 Å². The van der Waals surface area contributed by atoms with Gasteiger partial charge in [0.2, 0.25) is 0 Å². The Morgan fingerprint density at radius 2 is 1.09 bits per heavy atom. The Bertz CT molecular complexity index is 2240. The summed E-state index contributed by atoms with van der Waals surface area (Å²) in [5.74, 6) is 1.77. The van der Waals surface area contributed by atoms with Crippen LogP contribution in [0.2, 0.25) is 0 Å². The molecule has 3 heterocycles. The molecule has 0 saturated carbocycles. The third kappa shape index (κ3) is 4.60. The molecule has 0 bridgehead atoms. The summed E-state index contributed by atoms with van der Waals surface area (Å²) in [7, 11) is 0. The molecule has 0 aliphatic heterocycles. The highest BCUT2D eigenvalue weighted by Gasteiger charge is 2.46. The fourth-order valence-corrected chi connectivity index (χ4v) is 6.96. The molecule has 206 valence electrons. The van der Waals surface area contributed by atoms with E-state index in [1.54, 1.807) is 0 Å². The molecule has 0 saturated heterocycles. The van der Waals surface area contributed by atoms with Gasteiger partial charge < -0.3 is 15.8 Å². The number of benzene rings is 5. The van der Waals surface area contributed by atoms with E-state index < -0.39 is 15.1 Å². The molecule has 0 unspecified atom stereocenters. The average molecular weight is 577 g/mol. The summed E-state index contributed by atoms with van der Waals surface area (Å²) in [6.07, 6.45) is 0. The number of aryl methyl sites for hydroxylation is 2. The molecule has 0 atom stereocenters. The summed E-state index contributed by atoms with van der Waals surface area (Å²) >= 11 is -3.03. The highest BCUT2D eigenvalue weighted by atomic mass is 27.3. The first-order chi connectivity index (χ1) is 21.1. The molecule has 5 aromatic carbocycles. The summed E-state index contributed by atoms with van der Waals surface area (Å²) in [6, 6.07) is 38.1. The summed E-state index contributed by atoms with van der Waals surface area (Å²) in [5, 5.41) is 6.11. The van der Waals surface area contributed by atoms with Crippen LogP contribution in [0.25, 0.3) is 54.5 Å². The maximum Gasteiger partial charge on any atom is 1.20 e. The van der Waals surface area contributed by atoms with Crippen LogP contribution in [0.5, 0.6) is 17.2 Å². The van der Waals surface area contributed by atoms with E-state index in [4.69, 9.17) is 25.8 Å². The Balaban J connectivity index is 1.30. The van der Waals surface area contributed by atoms with Crippen LogP contribution in [0.15, 0.2) is 120 Å². The molecule has 0 amide bonds. The molecule has 7 heteroatoms. The lowest BCUT2D eigenvalue weighted by atomic mass is 10.0. The second-order valence-electron chi connectivity index (χ2n) is 10.6. The first kappa shape index (κ1) is 25.6. The van der Waals surface area contributed by atoms with E-state index in [1.165, 1.54) is 0 Å². The van der Waals surface area contributed by atoms with Gasteiger partial charge in [0.25, 0.3) is 0 Å². The highest BCUT2D eigenvalue weighted by Crippen LogP contribution is 2.41. The maximum atomic E-state index is 6.78. The van der Waals surface area contributed by atoms with Crippen LogP contribution < -0.4 is 11.4 Å². The van der Waals surface area contributed by atoms with Crippen molar-refractivity contribution in [3.8, 4) is 17.2 Å². The smallest absolute Gasteiger partial charge is 0.576 e. The van der Waals surface area contributed by atoms with Crippen molar-refractivity contribution < 1.29 is 15.8 Å². The molecular formula is C36H25AlN2O4. The second-order valence-corrected chi connectivity index (χ2v) is 11.9. The molecule has 0 spiro atoms. The lowest BCUT2D eigenvalue weighted by Crippen LogP contribution is -2.37. The Morgan fingerprint density at radius 3 is 1.77 bits per heavy atom. The predicted octanol–water partition coefficient (Wildman–Crippen LogP) is 8.97. The molecule has 3 aromatic heterocycles. The maximum absolute atomic E-state index is 6.78. The van der Waals surface area contributed by atoms with Gasteiger partial charge in [0.15, 0.2) is 5.58 Å². The molecular weight excluding hydrogens is 551 g/mol. The minimum Gasteiger partial charge on any atom is -0.576 e. The van der Waals surface area contributed by atoms with Crippen molar-refractivity contribution in [2.75, 3.05) is 0 Å². The van der Waals surface area contributed by atoms with Crippen molar-refractivity contribution in [2.24, 2.45) is 0 Å². The quantitative estimate of drug-likeness (QED) is 0.184. The fourth-order valence-electron chi connectivity index (χ4n) is 5.64. The Hall–Kier alpha value is -5.09. The monoisotopic (exact) mass is 576 g/mol. The summed E-state index contributed by atoms with van der Waals surface area (Å²) in [6.45, 7) is 3.94. The van der Waals surface area contributed by atoms with Crippen LogP contribution in [0.3, 0.4) is 0 Å². The van der Waals surface area contributed by atoms with Crippen LogP contribution in [-0.4, -0.2) is 25.1 Å². The van der Waals surface area contributed by atoms with Gasteiger partial charge >= 0.3 is 15.1 Å². The first-order valence-electron chi connectivity index (χ1n) is 14.2. The van der Waals surface area contributed by atoms with Crippen molar-refractivity contribution in [2.45, 2.75) is 13.8 Å². The standard InChI is InChI=1S/C16H10O2.2C10H9NO.Al/c17-13-9-10-5-1-2-6-11(10)15-12-7-3-4-8-14(12)18-16(13)15;2*1-7-5-6-8-3-2-4-9(12)10(8)11-7;/h1-9,17H;2*2-6,12H,1H3;/q;;;+3/p-3. The second kappa shape index (κ2) is 10.3. The average Bonchev–Trinajstić information content (AvgIpc) is 3.42. The van der Waals surface area contributed by atoms with Crippen molar-refractivity contribution in [3.05, 3.63) is 127 Å². The summed E-state index contributed by atoms with van der Waals surface area (Å²) in [5.41, 5.74) is 4.76. The minimum absolute atomic E-state index is 0.565. The van der Waals surface area contributed by atoms with Gasteiger partial charge in [-0.15, -0.1) is 0 Å². The van der Waals surface area contributed by atoms with Gasteiger partial charge in [-0.1, -0.05) is 78.9 Å². The number of nitrogens with zero attached hydrogens (tertiary/aromatic N) is 2. The number of para-hydroxylation sites is 3. The summed E-state index contributed by atoms with van der Waals surface area (Å²) in [4.78, 5) is 9.56. The lowest BCUT2D eigenvalue weighted by molar-refractivity contribution is 0.309. The molecule has 43 heavy (non-hydrogen) atoms. The molecule has 8 rings (SSSR count). The van der Waals surface area contributed by atoms with E-state index in [9.17, 15) is 0 Å². The fraction of sp³-hybridized carbons (Fsp3) is 0.0556. The van der Waals surface area contributed by atoms with E-state index in [-0.39, 0.29) is 0 Å². The third-order valence-corrected chi connectivity index (χ3v) is 8.99. The van der Waals surface area contributed by atoms with E-state index in [0.29, 0.717) is 22.8 Å². The van der Waals surface area contributed by atoms with Crippen LogP contribution in [-0.2, 0) is 0 Å². The Labute approximate surface area is 252 Å².